The van der Waals surface area contributed by atoms with Gasteiger partial charge >= 0.3 is 0 Å². The average Bonchev–Trinajstić information content (AvgIpc) is 2.46. The van der Waals surface area contributed by atoms with Crippen molar-refractivity contribution in [3.8, 4) is 0 Å². The topological polar surface area (TPSA) is 32.3 Å². The second-order valence-corrected chi connectivity index (χ2v) is 5.18. The fourth-order valence-corrected chi connectivity index (χ4v) is 2.37. The molecule has 0 spiro atoms. The Kier molecular flexibility index (Phi) is 3.51. The summed E-state index contributed by atoms with van der Waals surface area (Å²) in [7, 11) is 0. The van der Waals surface area contributed by atoms with Gasteiger partial charge in [0.05, 0.1) is 24.5 Å². The SMILES string of the molecule is O=C1CNc2cc(F)c(F)cc2N1Cc1ccc(Cl)cc1. The minimum Gasteiger partial charge on any atom is -0.374 e. The molecule has 6 heteroatoms. The molecule has 2 aromatic carbocycles. The maximum absolute atomic E-state index is 13.4. The van der Waals surface area contributed by atoms with Gasteiger partial charge in [0.15, 0.2) is 11.6 Å². The van der Waals surface area contributed by atoms with Crippen molar-refractivity contribution in [2.45, 2.75) is 6.54 Å². The van der Waals surface area contributed by atoms with E-state index in [0.717, 1.165) is 17.7 Å². The Morgan fingerprint density at radius 3 is 2.52 bits per heavy atom. The standard InChI is InChI=1S/C15H11ClF2N2O/c16-10-3-1-9(2-4-10)8-20-14-6-12(18)11(17)5-13(14)19-7-15(20)21/h1-6,19H,7-8H2. The van der Waals surface area contributed by atoms with Crippen LogP contribution >= 0.6 is 11.6 Å². The van der Waals surface area contributed by atoms with Gasteiger partial charge in [0.1, 0.15) is 0 Å². The van der Waals surface area contributed by atoms with E-state index in [-0.39, 0.29) is 19.0 Å². The zero-order valence-corrected chi connectivity index (χ0v) is 11.6. The summed E-state index contributed by atoms with van der Waals surface area (Å²) < 4.78 is 26.7. The third-order valence-corrected chi connectivity index (χ3v) is 3.57. The van der Waals surface area contributed by atoms with Crippen LogP contribution in [0.5, 0.6) is 0 Å². The van der Waals surface area contributed by atoms with Gasteiger partial charge in [-0.05, 0) is 17.7 Å². The highest BCUT2D eigenvalue weighted by atomic mass is 35.5. The van der Waals surface area contributed by atoms with Gasteiger partial charge in [-0.25, -0.2) is 8.78 Å². The predicted octanol–water partition coefficient (Wildman–Crippen LogP) is 3.58. The van der Waals surface area contributed by atoms with Gasteiger partial charge < -0.3 is 10.2 Å². The van der Waals surface area contributed by atoms with Crippen LogP contribution in [0, 0.1) is 11.6 Å². The monoisotopic (exact) mass is 308 g/mol. The molecule has 2 aromatic rings. The van der Waals surface area contributed by atoms with Gasteiger partial charge in [-0.15, -0.1) is 0 Å². The lowest BCUT2D eigenvalue weighted by Gasteiger charge is -2.30. The Labute approximate surface area is 125 Å². The first-order valence-electron chi connectivity index (χ1n) is 6.32. The summed E-state index contributed by atoms with van der Waals surface area (Å²) in [6.07, 6.45) is 0. The van der Waals surface area contributed by atoms with Crippen LogP contribution in [-0.2, 0) is 11.3 Å². The van der Waals surface area contributed by atoms with Gasteiger partial charge in [-0.3, -0.25) is 4.79 Å². The number of hydrogen-bond acceptors (Lipinski definition) is 2. The lowest BCUT2D eigenvalue weighted by molar-refractivity contribution is -0.117. The van der Waals surface area contributed by atoms with E-state index >= 15 is 0 Å². The highest BCUT2D eigenvalue weighted by Crippen LogP contribution is 2.32. The number of fused-ring (bicyclic) bond motifs is 1. The van der Waals surface area contributed by atoms with Crippen molar-refractivity contribution in [1.82, 2.24) is 0 Å². The van der Waals surface area contributed by atoms with Crippen LogP contribution in [0.1, 0.15) is 5.56 Å². The average molecular weight is 309 g/mol. The van der Waals surface area contributed by atoms with Gasteiger partial charge in [0.25, 0.3) is 0 Å². The molecule has 1 N–H and O–H groups in total. The second-order valence-electron chi connectivity index (χ2n) is 4.74. The molecule has 0 saturated carbocycles. The van der Waals surface area contributed by atoms with Crippen LogP contribution < -0.4 is 10.2 Å². The van der Waals surface area contributed by atoms with Crippen LogP contribution in [0.3, 0.4) is 0 Å². The molecule has 3 nitrogen and oxygen atoms in total. The molecular weight excluding hydrogens is 298 g/mol. The molecule has 3 rings (SSSR count). The van der Waals surface area contributed by atoms with E-state index in [0.29, 0.717) is 16.4 Å². The molecule has 0 radical (unpaired) electrons. The Morgan fingerprint density at radius 1 is 1.14 bits per heavy atom. The minimum atomic E-state index is -0.980. The number of nitrogens with zero attached hydrogens (tertiary/aromatic N) is 1. The van der Waals surface area contributed by atoms with E-state index in [1.807, 2.05) is 0 Å². The number of carbonyl (C=O) groups is 1. The first-order chi connectivity index (χ1) is 10.0. The molecule has 0 fully saturated rings. The summed E-state index contributed by atoms with van der Waals surface area (Å²) >= 11 is 5.82. The molecule has 21 heavy (non-hydrogen) atoms. The molecule has 1 aliphatic heterocycles. The fraction of sp³-hybridized carbons (Fsp3) is 0.133. The van der Waals surface area contributed by atoms with Crippen molar-refractivity contribution < 1.29 is 13.6 Å². The third-order valence-electron chi connectivity index (χ3n) is 3.31. The highest BCUT2D eigenvalue weighted by molar-refractivity contribution is 6.30. The van der Waals surface area contributed by atoms with Gasteiger partial charge in [0.2, 0.25) is 5.91 Å². The van der Waals surface area contributed by atoms with Crippen LogP contribution in [0.2, 0.25) is 5.02 Å². The zero-order valence-electron chi connectivity index (χ0n) is 10.9. The molecule has 108 valence electrons. The number of nitrogens with one attached hydrogen (secondary N) is 1. The predicted molar refractivity (Wildman–Crippen MR) is 77.5 cm³/mol. The van der Waals surface area contributed by atoms with E-state index in [1.54, 1.807) is 24.3 Å². The molecule has 0 aliphatic carbocycles. The molecule has 1 heterocycles. The summed E-state index contributed by atoms with van der Waals surface area (Å²) in [5.74, 6) is -2.13. The van der Waals surface area contributed by atoms with Crippen molar-refractivity contribution in [2.75, 3.05) is 16.8 Å². The van der Waals surface area contributed by atoms with Crippen LogP contribution in [0.25, 0.3) is 0 Å². The van der Waals surface area contributed by atoms with Gasteiger partial charge in [-0.1, -0.05) is 23.7 Å². The van der Waals surface area contributed by atoms with Crippen molar-refractivity contribution >= 4 is 28.9 Å². The summed E-state index contributed by atoms with van der Waals surface area (Å²) in [5, 5.41) is 3.38. The number of anilines is 2. The second kappa shape index (κ2) is 5.33. The molecule has 1 aliphatic rings. The summed E-state index contributed by atoms with van der Waals surface area (Å²) in [4.78, 5) is 13.5. The zero-order chi connectivity index (χ0) is 15.0. The Bertz CT molecular complexity index is 704. The number of halogens is 3. The molecule has 1 amide bonds. The van der Waals surface area contributed by atoms with Crippen molar-refractivity contribution in [3.05, 3.63) is 58.6 Å². The van der Waals surface area contributed by atoms with Crippen LogP contribution in [-0.4, -0.2) is 12.5 Å². The normalized spacial score (nSPS) is 13.9. The lowest BCUT2D eigenvalue weighted by atomic mass is 10.1. The first-order valence-corrected chi connectivity index (χ1v) is 6.70. The Hall–Kier alpha value is -2.14. The Morgan fingerprint density at radius 2 is 1.81 bits per heavy atom. The molecule has 0 bridgehead atoms. The van der Waals surface area contributed by atoms with E-state index in [9.17, 15) is 13.6 Å². The molecule has 0 unspecified atom stereocenters. The van der Waals surface area contributed by atoms with E-state index in [1.165, 1.54) is 4.90 Å². The molecule has 0 atom stereocenters. The van der Waals surface area contributed by atoms with Crippen molar-refractivity contribution in [1.29, 1.82) is 0 Å². The molecule has 0 saturated heterocycles. The van der Waals surface area contributed by atoms with Gasteiger partial charge in [0, 0.05) is 17.2 Å². The quantitative estimate of drug-likeness (QED) is 0.920. The minimum absolute atomic E-state index is 0.0473. The summed E-state index contributed by atoms with van der Waals surface area (Å²) in [6, 6.07) is 9.11. The molecule has 0 aromatic heterocycles. The van der Waals surface area contributed by atoms with E-state index in [4.69, 9.17) is 11.6 Å². The van der Waals surface area contributed by atoms with E-state index in [2.05, 4.69) is 5.32 Å². The maximum Gasteiger partial charge on any atom is 0.246 e. The van der Waals surface area contributed by atoms with Crippen molar-refractivity contribution in [3.63, 3.8) is 0 Å². The highest BCUT2D eigenvalue weighted by Gasteiger charge is 2.25. The first kappa shape index (κ1) is 13.8. The number of amides is 1. The number of hydrogen-bond donors (Lipinski definition) is 1. The Balaban J connectivity index is 1.97. The number of carbonyl (C=O) groups excluding carboxylic acids is 1. The van der Waals surface area contributed by atoms with Crippen LogP contribution in [0.15, 0.2) is 36.4 Å². The fourth-order valence-electron chi connectivity index (χ4n) is 2.25. The smallest absolute Gasteiger partial charge is 0.246 e. The summed E-state index contributed by atoms with van der Waals surface area (Å²) in [5.41, 5.74) is 1.59. The largest absolute Gasteiger partial charge is 0.374 e. The lowest BCUT2D eigenvalue weighted by Crippen LogP contribution is -2.39. The maximum atomic E-state index is 13.4. The number of benzene rings is 2. The summed E-state index contributed by atoms with van der Waals surface area (Å²) in [6.45, 7) is 0.321. The molecular formula is C15H11ClF2N2O. The number of rotatable bonds is 2. The van der Waals surface area contributed by atoms with Crippen LogP contribution in [0.4, 0.5) is 20.2 Å². The third kappa shape index (κ3) is 2.69. The van der Waals surface area contributed by atoms with Gasteiger partial charge in [-0.2, -0.15) is 0 Å². The van der Waals surface area contributed by atoms with E-state index < -0.39 is 11.6 Å². The van der Waals surface area contributed by atoms with Crippen molar-refractivity contribution in [2.24, 2.45) is 0 Å².